The lowest BCUT2D eigenvalue weighted by Crippen LogP contribution is -2.49. The molecule has 7 nitrogen and oxygen atoms in total. The number of nitro benzene ring substituents is 1. The van der Waals surface area contributed by atoms with Crippen LogP contribution in [0.2, 0.25) is 0 Å². The first-order chi connectivity index (χ1) is 12.7. The van der Waals surface area contributed by atoms with Crippen LogP contribution in [0.3, 0.4) is 0 Å². The highest BCUT2D eigenvalue weighted by molar-refractivity contribution is 9.10. The van der Waals surface area contributed by atoms with Crippen LogP contribution in [0.4, 0.5) is 10.1 Å². The maximum absolute atomic E-state index is 13.8. The molecule has 0 N–H and O–H groups in total. The van der Waals surface area contributed by atoms with E-state index < -0.39 is 37.4 Å². The second kappa shape index (κ2) is 7.63. The summed E-state index contributed by atoms with van der Waals surface area (Å²) in [6, 6.07) is 10.2. The molecule has 1 aliphatic rings. The van der Waals surface area contributed by atoms with Crippen LogP contribution >= 0.6 is 15.9 Å². The van der Waals surface area contributed by atoms with Crippen LogP contribution in [-0.4, -0.2) is 49.2 Å². The van der Waals surface area contributed by atoms with E-state index in [0.717, 1.165) is 11.6 Å². The number of nitro groups is 1. The molecule has 0 radical (unpaired) electrons. The van der Waals surface area contributed by atoms with E-state index in [1.54, 1.807) is 0 Å². The Balaban J connectivity index is 2.13. The quantitative estimate of drug-likeness (QED) is 0.519. The normalized spacial score (nSPS) is 19.1. The van der Waals surface area contributed by atoms with Crippen LogP contribution < -0.4 is 0 Å². The molecule has 1 aliphatic heterocycles. The van der Waals surface area contributed by atoms with Crippen molar-refractivity contribution in [2.24, 2.45) is 0 Å². The minimum absolute atomic E-state index is 0.142. The second-order valence-electron chi connectivity index (χ2n) is 6.30. The number of halogens is 2. The summed E-state index contributed by atoms with van der Waals surface area (Å²) in [4.78, 5) is 11.9. The molecule has 1 atom stereocenters. The van der Waals surface area contributed by atoms with Gasteiger partial charge in [0, 0.05) is 19.6 Å². The van der Waals surface area contributed by atoms with Crippen molar-refractivity contribution in [1.82, 2.24) is 9.21 Å². The number of sulfonamides is 1. The minimum atomic E-state index is -4.23. The Morgan fingerprint density at radius 2 is 1.89 bits per heavy atom. The average Bonchev–Trinajstić information content (AvgIpc) is 2.63. The van der Waals surface area contributed by atoms with Crippen molar-refractivity contribution in [2.45, 2.75) is 10.9 Å². The van der Waals surface area contributed by atoms with Gasteiger partial charge < -0.3 is 4.90 Å². The largest absolute Gasteiger partial charge is 0.303 e. The molecule has 0 saturated carbocycles. The Morgan fingerprint density at radius 1 is 1.22 bits per heavy atom. The van der Waals surface area contributed by atoms with Crippen molar-refractivity contribution < 1.29 is 17.7 Å². The molecule has 0 bridgehead atoms. The first kappa shape index (κ1) is 19.9. The van der Waals surface area contributed by atoms with Gasteiger partial charge in [-0.25, -0.2) is 12.8 Å². The van der Waals surface area contributed by atoms with Gasteiger partial charge in [0.1, 0.15) is 5.82 Å². The van der Waals surface area contributed by atoms with Gasteiger partial charge in [0.25, 0.3) is 15.7 Å². The van der Waals surface area contributed by atoms with Gasteiger partial charge in [0.2, 0.25) is 0 Å². The fourth-order valence-corrected chi connectivity index (χ4v) is 5.39. The molecule has 2 aromatic rings. The van der Waals surface area contributed by atoms with Crippen LogP contribution in [0.1, 0.15) is 11.6 Å². The molecule has 0 amide bonds. The average molecular weight is 458 g/mol. The lowest BCUT2D eigenvalue weighted by Gasteiger charge is -2.39. The summed E-state index contributed by atoms with van der Waals surface area (Å²) in [7, 11) is -2.34. The molecule has 0 aromatic heterocycles. The molecule has 144 valence electrons. The number of hydrogen-bond acceptors (Lipinski definition) is 5. The van der Waals surface area contributed by atoms with Crippen LogP contribution in [0.15, 0.2) is 51.8 Å². The molecular weight excluding hydrogens is 441 g/mol. The van der Waals surface area contributed by atoms with E-state index in [0.29, 0.717) is 19.2 Å². The first-order valence-electron chi connectivity index (χ1n) is 8.10. The van der Waals surface area contributed by atoms with Crippen LogP contribution in [-0.2, 0) is 10.0 Å². The summed E-state index contributed by atoms with van der Waals surface area (Å²) in [6.07, 6.45) is 0. The molecule has 1 saturated heterocycles. The number of piperazine rings is 1. The summed E-state index contributed by atoms with van der Waals surface area (Å²) in [6.45, 7) is 1.10. The Morgan fingerprint density at radius 3 is 2.52 bits per heavy atom. The zero-order valence-electron chi connectivity index (χ0n) is 14.4. The van der Waals surface area contributed by atoms with Gasteiger partial charge in [-0.15, -0.1) is 0 Å². The standard InChI is InChI=1S/C17H17BrFN3O4S/c1-20-7-8-21(16(11-20)12-5-3-2-4-6-12)27(25,26)17-9-13(18)14(19)10-15(17)22(23)24/h2-6,9-10,16H,7-8,11H2,1H3. The Bertz CT molecular complexity index is 972. The van der Waals surface area contributed by atoms with Crippen molar-refractivity contribution >= 4 is 31.6 Å². The molecule has 2 aromatic carbocycles. The van der Waals surface area contributed by atoms with Crippen molar-refractivity contribution in [1.29, 1.82) is 0 Å². The number of likely N-dealkylation sites (N-methyl/N-ethyl adjacent to an activating group) is 1. The highest BCUT2D eigenvalue weighted by atomic mass is 79.9. The summed E-state index contributed by atoms with van der Waals surface area (Å²) in [5.74, 6) is -0.890. The monoisotopic (exact) mass is 457 g/mol. The van der Waals surface area contributed by atoms with Crippen molar-refractivity contribution in [3.63, 3.8) is 0 Å². The van der Waals surface area contributed by atoms with E-state index in [1.165, 1.54) is 4.31 Å². The lowest BCUT2D eigenvalue weighted by molar-refractivity contribution is -0.388. The minimum Gasteiger partial charge on any atom is -0.303 e. The third-order valence-corrected chi connectivity index (χ3v) is 7.05. The molecule has 0 aliphatic carbocycles. The van der Waals surface area contributed by atoms with E-state index in [4.69, 9.17) is 0 Å². The van der Waals surface area contributed by atoms with E-state index in [2.05, 4.69) is 15.9 Å². The summed E-state index contributed by atoms with van der Waals surface area (Å²) >= 11 is 2.93. The molecule has 27 heavy (non-hydrogen) atoms. The van der Waals surface area contributed by atoms with E-state index in [9.17, 15) is 22.9 Å². The summed E-state index contributed by atoms with van der Waals surface area (Å²) in [5.41, 5.74) is 0.0119. The molecule has 3 rings (SSSR count). The van der Waals surface area contributed by atoms with Crippen molar-refractivity contribution in [3.05, 3.63) is 68.4 Å². The number of hydrogen-bond donors (Lipinski definition) is 0. The molecule has 1 heterocycles. The van der Waals surface area contributed by atoms with Crippen molar-refractivity contribution in [2.75, 3.05) is 26.7 Å². The van der Waals surface area contributed by atoms with E-state index in [-0.39, 0.29) is 11.0 Å². The summed E-state index contributed by atoms with van der Waals surface area (Å²) in [5, 5.41) is 11.4. The zero-order chi connectivity index (χ0) is 19.8. The molecule has 10 heteroatoms. The maximum Gasteiger partial charge on any atom is 0.292 e. The lowest BCUT2D eigenvalue weighted by atomic mass is 10.1. The molecule has 0 spiro atoms. The summed E-state index contributed by atoms with van der Waals surface area (Å²) < 4.78 is 41.5. The Kier molecular flexibility index (Phi) is 5.61. The highest BCUT2D eigenvalue weighted by Crippen LogP contribution is 2.36. The van der Waals surface area contributed by atoms with Crippen LogP contribution in [0, 0.1) is 15.9 Å². The molecule has 1 fully saturated rings. The van der Waals surface area contributed by atoms with Gasteiger partial charge in [0.05, 0.1) is 21.5 Å². The van der Waals surface area contributed by atoms with Gasteiger partial charge in [-0.05, 0) is 34.6 Å². The predicted molar refractivity (Wildman–Crippen MR) is 101 cm³/mol. The van der Waals surface area contributed by atoms with Crippen LogP contribution in [0.25, 0.3) is 0 Å². The third kappa shape index (κ3) is 3.88. The van der Waals surface area contributed by atoms with Gasteiger partial charge >= 0.3 is 0 Å². The zero-order valence-corrected chi connectivity index (χ0v) is 16.8. The molecular formula is C17H17BrFN3O4S. The SMILES string of the molecule is CN1CCN(S(=O)(=O)c2cc(Br)c(F)cc2[N+](=O)[O-])C(c2ccccc2)C1. The molecule has 1 unspecified atom stereocenters. The van der Waals surface area contributed by atoms with Crippen molar-refractivity contribution in [3.8, 4) is 0 Å². The predicted octanol–water partition coefficient (Wildman–Crippen LogP) is 3.17. The number of rotatable bonds is 4. The van der Waals surface area contributed by atoms with Gasteiger partial charge in [-0.1, -0.05) is 30.3 Å². The Hall–Kier alpha value is -1.88. The fraction of sp³-hybridized carbons (Fsp3) is 0.294. The smallest absolute Gasteiger partial charge is 0.292 e. The van der Waals surface area contributed by atoms with Gasteiger partial charge in [-0.2, -0.15) is 4.31 Å². The second-order valence-corrected chi connectivity index (χ2v) is 9.01. The van der Waals surface area contributed by atoms with Gasteiger partial charge in [0.15, 0.2) is 4.90 Å². The first-order valence-corrected chi connectivity index (χ1v) is 10.3. The Labute approximate surface area is 164 Å². The highest BCUT2D eigenvalue weighted by Gasteiger charge is 2.39. The van der Waals surface area contributed by atoms with Gasteiger partial charge in [-0.3, -0.25) is 10.1 Å². The van der Waals surface area contributed by atoms with E-state index in [1.807, 2.05) is 42.3 Å². The maximum atomic E-state index is 13.8. The number of benzene rings is 2. The topological polar surface area (TPSA) is 83.8 Å². The van der Waals surface area contributed by atoms with Crippen LogP contribution in [0.5, 0.6) is 0 Å². The van der Waals surface area contributed by atoms with E-state index >= 15 is 0 Å². The number of nitrogens with zero attached hydrogens (tertiary/aromatic N) is 3. The third-order valence-electron chi connectivity index (χ3n) is 4.50. The fourth-order valence-electron chi connectivity index (χ4n) is 3.13.